The fourth-order valence-electron chi connectivity index (χ4n) is 2.92. The first-order chi connectivity index (χ1) is 12.6. The molecule has 138 valence electrons. The number of carbonyl (C=O) groups is 1. The maximum atomic E-state index is 12.8. The Balaban J connectivity index is 1.84. The molecule has 0 aliphatic carbocycles. The number of amides is 1. The quantitative estimate of drug-likeness (QED) is 0.859. The van der Waals surface area contributed by atoms with Crippen LogP contribution in [-0.4, -0.2) is 30.7 Å². The van der Waals surface area contributed by atoms with Crippen molar-refractivity contribution < 1.29 is 19.0 Å². The van der Waals surface area contributed by atoms with Crippen molar-refractivity contribution in [3.63, 3.8) is 0 Å². The van der Waals surface area contributed by atoms with Crippen LogP contribution in [0.5, 0.6) is 17.4 Å². The van der Waals surface area contributed by atoms with Gasteiger partial charge in [0.05, 0.1) is 12.6 Å². The van der Waals surface area contributed by atoms with E-state index in [1.165, 1.54) is 0 Å². The number of carbonyl (C=O) groups excluding carboxylic acids is 1. The summed E-state index contributed by atoms with van der Waals surface area (Å²) in [4.78, 5) is 17.0. The van der Waals surface area contributed by atoms with Crippen molar-refractivity contribution in [1.29, 1.82) is 0 Å². The molecule has 2 heterocycles. The summed E-state index contributed by atoms with van der Waals surface area (Å²) >= 11 is 0. The van der Waals surface area contributed by atoms with Gasteiger partial charge in [0.15, 0.2) is 11.5 Å². The molecule has 1 aliphatic heterocycles. The Morgan fingerprint density at radius 3 is 2.73 bits per heavy atom. The molecule has 26 heavy (non-hydrogen) atoms. The highest BCUT2D eigenvalue weighted by molar-refractivity contribution is 5.96. The number of benzene rings is 1. The first-order valence-corrected chi connectivity index (χ1v) is 8.88. The first-order valence-electron chi connectivity index (χ1n) is 8.88. The number of hydrogen-bond acceptors (Lipinski definition) is 5. The maximum absolute atomic E-state index is 12.8. The van der Waals surface area contributed by atoms with E-state index >= 15 is 0 Å². The molecule has 0 unspecified atom stereocenters. The van der Waals surface area contributed by atoms with Crippen LogP contribution < -0.4 is 19.5 Å². The summed E-state index contributed by atoms with van der Waals surface area (Å²) in [6, 6.07) is 9.06. The number of nitrogens with one attached hydrogen (secondary N) is 1. The van der Waals surface area contributed by atoms with E-state index in [9.17, 15) is 4.79 Å². The fraction of sp³-hybridized carbons (Fsp3) is 0.400. The van der Waals surface area contributed by atoms with Gasteiger partial charge in [-0.2, -0.15) is 0 Å². The maximum Gasteiger partial charge on any atom is 0.257 e. The average molecular weight is 356 g/mol. The number of rotatable bonds is 6. The van der Waals surface area contributed by atoms with Gasteiger partial charge in [-0.1, -0.05) is 19.9 Å². The SMILES string of the molecule is CCOc1ncccc1C(=O)N[C@@H](c1ccc2c(c1)OCCO2)C(C)C. The summed E-state index contributed by atoms with van der Waals surface area (Å²) in [5.41, 5.74) is 1.40. The Morgan fingerprint density at radius 1 is 1.23 bits per heavy atom. The van der Waals surface area contributed by atoms with E-state index in [0.717, 1.165) is 11.3 Å². The predicted molar refractivity (Wildman–Crippen MR) is 97.9 cm³/mol. The second kappa shape index (κ2) is 8.08. The lowest BCUT2D eigenvalue weighted by Gasteiger charge is -2.25. The smallest absolute Gasteiger partial charge is 0.257 e. The summed E-state index contributed by atoms with van der Waals surface area (Å²) in [6.45, 7) is 7.53. The van der Waals surface area contributed by atoms with E-state index in [2.05, 4.69) is 24.1 Å². The van der Waals surface area contributed by atoms with E-state index in [4.69, 9.17) is 14.2 Å². The van der Waals surface area contributed by atoms with Crippen molar-refractivity contribution in [2.45, 2.75) is 26.8 Å². The van der Waals surface area contributed by atoms with Crippen LogP contribution in [0.4, 0.5) is 0 Å². The molecule has 1 N–H and O–H groups in total. The Labute approximate surface area is 153 Å². The van der Waals surface area contributed by atoms with E-state index in [1.807, 2.05) is 25.1 Å². The van der Waals surface area contributed by atoms with Gasteiger partial charge in [-0.15, -0.1) is 0 Å². The van der Waals surface area contributed by atoms with Gasteiger partial charge in [0, 0.05) is 6.20 Å². The molecule has 1 amide bonds. The van der Waals surface area contributed by atoms with E-state index in [1.54, 1.807) is 18.3 Å². The highest BCUT2D eigenvalue weighted by atomic mass is 16.6. The molecular weight excluding hydrogens is 332 g/mol. The number of nitrogens with zero attached hydrogens (tertiary/aromatic N) is 1. The van der Waals surface area contributed by atoms with Crippen molar-refractivity contribution in [2.75, 3.05) is 19.8 Å². The summed E-state index contributed by atoms with van der Waals surface area (Å²) < 4.78 is 16.7. The van der Waals surface area contributed by atoms with E-state index in [-0.39, 0.29) is 17.9 Å². The van der Waals surface area contributed by atoms with Crippen LogP contribution >= 0.6 is 0 Å². The molecule has 6 nitrogen and oxygen atoms in total. The molecule has 0 spiro atoms. The molecule has 0 bridgehead atoms. The number of fused-ring (bicyclic) bond motifs is 1. The second-order valence-corrected chi connectivity index (χ2v) is 6.39. The van der Waals surface area contributed by atoms with Crippen molar-refractivity contribution in [1.82, 2.24) is 10.3 Å². The highest BCUT2D eigenvalue weighted by Crippen LogP contribution is 2.34. The Morgan fingerprint density at radius 2 is 2.00 bits per heavy atom. The molecule has 1 atom stereocenters. The van der Waals surface area contributed by atoms with Crippen LogP contribution in [0, 0.1) is 5.92 Å². The first kappa shape index (κ1) is 18.0. The van der Waals surface area contributed by atoms with Gasteiger partial charge in [0.2, 0.25) is 5.88 Å². The fourth-order valence-corrected chi connectivity index (χ4v) is 2.92. The number of aromatic nitrogens is 1. The minimum absolute atomic E-state index is 0.173. The van der Waals surface area contributed by atoms with Gasteiger partial charge in [-0.3, -0.25) is 4.79 Å². The molecular formula is C20H24N2O4. The van der Waals surface area contributed by atoms with Crippen molar-refractivity contribution >= 4 is 5.91 Å². The third kappa shape index (κ3) is 3.90. The molecule has 1 aromatic heterocycles. The van der Waals surface area contributed by atoms with Crippen LogP contribution in [0.3, 0.4) is 0 Å². The molecule has 0 fully saturated rings. The molecule has 1 aliphatic rings. The Hall–Kier alpha value is -2.76. The average Bonchev–Trinajstić information content (AvgIpc) is 2.66. The lowest BCUT2D eigenvalue weighted by molar-refractivity contribution is 0.0920. The minimum atomic E-state index is -0.213. The van der Waals surface area contributed by atoms with Gasteiger partial charge >= 0.3 is 0 Å². The molecule has 0 saturated carbocycles. The van der Waals surface area contributed by atoms with Gasteiger partial charge in [0.1, 0.15) is 18.8 Å². The lowest BCUT2D eigenvalue weighted by Crippen LogP contribution is -2.32. The number of ether oxygens (including phenoxy) is 3. The van der Waals surface area contributed by atoms with Crippen LogP contribution in [-0.2, 0) is 0 Å². The third-order valence-corrected chi connectivity index (χ3v) is 4.18. The van der Waals surface area contributed by atoms with Gasteiger partial charge in [0.25, 0.3) is 5.91 Å². The molecule has 6 heteroatoms. The van der Waals surface area contributed by atoms with Crippen LogP contribution in [0.25, 0.3) is 0 Å². The third-order valence-electron chi connectivity index (χ3n) is 4.18. The van der Waals surface area contributed by atoms with Gasteiger partial charge in [-0.25, -0.2) is 4.98 Å². The van der Waals surface area contributed by atoms with Crippen molar-refractivity contribution in [3.8, 4) is 17.4 Å². The van der Waals surface area contributed by atoms with Gasteiger partial charge < -0.3 is 19.5 Å². The number of pyridine rings is 1. The van der Waals surface area contributed by atoms with Crippen LogP contribution in [0.15, 0.2) is 36.5 Å². The molecule has 0 saturated heterocycles. The monoisotopic (exact) mass is 356 g/mol. The zero-order chi connectivity index (χ0) is 18.5. The molecule has 3 rings (SSSR count). The normalized spacial score (nSPS) is 14.0. The standard InChI is InChI=1S/C20H24N2O4/c1-4-24-20-15(6-5-9-21-20)19(23)22-18(13(2)3)14-7-8-16-17(12-14)26-11-10-25-16/h5-9,12-13,18H,4,10-11H2,1-3H3,(H,22,23)/t18-/m1/s1. The topological polar surface area (TPSA) is 69.7 Å². The summed E-state index contributed by atoms with van der Waals surface area (Å²) in [5, 5.41) is 3.10. The van der Waals surface area contributed by atoms with E-state index in [0.29, 0.717) is 37.0 Å². The zero-order valence-corrected chi connectivity index (χ0v) is 15.3. The van der Waals surface area contributed by atoms with Crippen molar-refractivity contribution in [2.24, 2.45) is 5.92 Å². The zero-order valence-electron chi connectivity index (χ0n) is 15.3. The number of hydrogen-bond donors (Lipinski definition) is 1. The lowest BCUT2D eigenvalue weighted by atomic mass is 9.95. The summed E-state index contributed by atoms with van der Waals surface area (Å²) in [6.07, 6.45) is 1.61. The molecule has 2 aromatic rings. The van der Waals surface area contributed by atoms with Crippen LogP contribution in [0.1, 0.15) is 42.7 Å². The molecule has 1 aromatic carbocycles. The summed E-state index contributed by atoms with van der Waals surface area (Å²) in [5.74, 6) is 1.77. The highest BCUT2D eigenvalue weighted by Gasteiger charge is 2.23. The minimum Gasteiger partial charge on any atom is -0.486 e. The second-order valence-electron chi connectivity index (χ2n) is 6.39. The van der Waals surface area contributed by atoms with Gasteiger partial charge in [-0.05, 0) is 42.7 Å². The van der Waals surface area contributed by atoms with Crippen LogP contribution in [0.2, 0.25) is 0 Å². The predicted octanol–water partition coefficient (Wildman–Crippen LogP) is 3.38. The van der Waals surface area contributed by atoms with E-state index < -0.39 is 0 Å². The summed E-state index contributed by atoms with van der Waals surface area (Å²) in [7, 11) is 0. The Kier molecular flexibility index (Phi) is 5.61. The molecule has 0 radical (unpaired) electrons. The largest absolute Gasteiger partial charge is 0.486 e. The van der Waals surface area contributed by atoms with Crippen molar-refractivity contribution in [3.05, 3.63) is 47.7 Å². The Bertz CT molecular complexity index is 776.